The van der Waals surface area contributed by atoms with E-state index in [1.807, 2.05) is 12.1 Å². The van der Waals surface area contributed by atoms with Crippen LogP contribution in [-0.2, 0) is 4.74 Å². The molecular formula is C13H16O3. The van der Waals surface area contributed by atoms with Crippen molar-refractivity contribution in [3.63, 3.8) is 0 Å². The van der Waals surface area contributed by atoms with Crippen molar-refractivity contribution >= 4 is 5.97 Å². The minimum absolute atomic E-state index is 0.316. The van der Waals surface area contributed by atoms with E-state index in [1.54, 1.807) is 12.1 Å². The first kappa shape index (κ1) is 11.0. The Hall–Kier alpha value is -1.51. The second-order valence-corrected chi connectivity index (χ2v) is 4.33. The molecule has 1 fully saturated rings. The van der Waals surface area contributed by atoms with Gasteiger partial charge in [-0.25, -0.2) is 4.79 Å². The summed E-state index contributed by atoms with van der Waals surface area (Å²) in [5, 5.41) is 0. The largest absolute Gasteiger partial charge is 0.490 e. The number of benzene rings is 1. The molecule has 86 valence electrons. The van der Waals surface area contributed by atoms with E-state index in [1.165, 1.54) is 7.11 Å². The molecule has 0 N–H and O–H groups in total. The monoisotopic (exact) mass is 220 g/mol. The average molecular weight is 220 g/mol. The predicted molar refractivity (Wildman–Crippen MR) is 60.6 cm³/mol. The van der Waals surface area contributed by atoms with Crippen LogP contribution in [0.4, 0.5) is 0 Å². The van der Waals surface area contributed by atoms with E-state index in [9.17, 15) is 4.79 Å². The number of esters is 1. The van der Waals surface area contributed by atoms with Gasteiger partial charge in [-0.1, -0.05) is 6.92 Å². The van der Waals surface area contributed by atoms with Crippen LogP contribution in [0, 0.1) is 5.92 Å². The quantitative estimate of drug-likeness (QED) is 0.734. The van der Waals surface area contributed by atoms with Crippen LogP contribution in [0.5, 0.6) is 5.75 Å². The number of ether oxygens (including phenoxy) is 2. The summed E-state index contributed by atoms with van der Waals surface area (Å²) in [5.41, 5.74) is 0.553. The highest BCUT2D eigenvalue weighted by Crippen LogP contribution is 2.30. The third-order valence-electron chi connectivity index (χ3n) is 2.91. The van der Waals surface area contributed by atoms with Crippen LogP contribution in [-0.4, -0.2) is 19.2 Å². The highest BCUT2D eigenvalue weighted by molar-refractivity contribution is 5.89. The summed E-state index contributed by atoms with van der Waals surface area (Å²) in [6, 6.07) is 7.08. The fourth-order valence-electron chi connectivity index (χ4n) is 1.90. The molecule has 3 heteroatoms. The van der Waals surface area contributed by atoms with Crippen molar-refractivity contribution in [1.29, 1.82) is 0 Å². The van der Waals surface area contributed by atoms with Gasteiger partial charge in [0.25, 0.3) is 0 Å². The van der Waals surface area contributed by atoms with Crippen molar-refractivity contribution < 1.29 is 14.3 Å². The first-order valence-corrected chi connectivity index (χ1v) is 5.54. The zero-order valence-corrected chi connectivity index (χ0v) is 9.60. The molecule has 0 radical (unpaired) electrons. The van der Waals surface area contributed by atoms with Crippen molar-refractivity contribution in [2.45, 2.75) is 25.9 Å². The Morgan fingerprint density at radius 2 is 1.88 bits per heavy atom. The maximum absolute atomic E-state index is 11.2. The molecule has 0 amide bonds. The van der Waals surface area contributed by atoms with Gasteiger partial charge < -0.3 is 9.47 Å². The van der Waals surface area contributed by atoms with Crippen molar-refractivity contribution in [1.82, 2.24) is 0 Å². The zero-order chi connectivity index (χ0) is 11.5. The van der Waals surface area contributed by atoms with Gasteiger partial charge in [-0.2, -0.15) is 0 Å². The second-order valence-electron chi connectivity index (χ2n) is 4.33. The fourth-order valence-corrected chi connectivity index (χ4v) is 1.90. The van der Waals surface area contributed by atoms with Crippen LogP contribution in [0.2, 0.25) is 0 Å². The molecule has 1 aromatic rings. The highest BCUT2D eigenvalue weighted by Gasteiger charge is 2.26. The van der Waals surface area contributed by atoms with Crippen LogP contribution < -0.4 is 4.74 Å². The topological polar surface area (TPSA) is 35.5 Å². The summed E-state index contributed by atoms with van der Waals surface area (Å²) in [7, 11) is 1.38. The molecule has 0 spiro atoms. The first-order chi connectivity index (χ1) is 7.69. The Morgan fingerprint density at radius 1 is 1.25 bits per heavy atom. The molecule has 2 rings (SSSR count). The maximum Gasteiger partial charge on any atom is 0.337 e. The summed E-state index contributed by atoms with van der Waals surface area (Å²) in [6.45, 7) is 2.22. The number of carbonyl (C=O) groups is 1. The summed E-state index contributed by atoms with van der Waals surface area (Å²) in [5.74, 6) is 1.28. The van der Waals surface area contributed by atoms with Crippen LogP contribution in [0.1, 0.15) is 30.1 Å². The third-order valence-corrected chi connectivity index (χ3v) is 2.91. The third kappa shape index (κ3) is 2.35. The lowest BCUT2D eigenvalue weighted by Gasteiger charge is -2.32. The van der Waals surface area contributed by atoms with E-state index in [-0.39, 0.29) is 5.97 Å². The molecule has 0 bridgehead atoms. The van der Waals surface area contributed by atoms with Crippen molar-refractivity contribution in [3.05, 3.63) is 29.8 Å². The normalized spacial score (nSPS) is 23.4. The smallest absolute Gasteiger partial charge is 0.337 e. The van der Waals surface area contributed by atoms with E-state index >= 15 is 0 Å². The molecule has 0 saturated heterocycles. The Morgan fingerprint density at radius 3 is 2.38 bits per heavy atom. The van der Waals surface area contributed by atoms with Crippen LogP contribution in [0.15, 0.2) is 24.3 Å². The molecule has 3 nitrogen and oxygen atoms in total. The van der Waals surface area contributed by atoms with Crippen molar-refractivity contribution in [2.75, 3.05) is 7.11 Å². The molecule has 1 aliphatic rings. The molecule has 0 atom stereocenters. The molecule has 0 aromatic heterocycles. The van der Waals surface area contributed by atoms with Gasteiger partial charge in [0.2, 0.25) is 0 Å². The van der Waals surface area contributed by atoms with E-state index in [2.05, 4.69) is 11.7 Å². The van der Waals surface area contributed by atoms with E-state index in [4.69, 9.17) is 4.74 Å². The standard InChI is InChI=1S/C13H16O3/c1-9-7-12(8-9)16-11-5-3-10(4-6-11)13(14)15-2/h3-6,9,12H,7-8H2,1-2H3. The van der Waals surface area contributed by atoms with Crippen molar-refractivity contribution in [2.24, 2.45) is 5.92 Å². The Kier molecular flexibility index (Phi) is 3.13. The number of carbonyl (C=O) groups excluding carboxylic acids is 1. The van der Waals surface area contributed by atoms with Gasteiger partial charge in [-0.05, 0) is 43.0 Å². The van der Waals surface area contributed by atoms with Gasteiger partial charge >= 0.3 is 5.97 Å². The SMILES string of the molecule is COC(=O)c1ccc(OC2CC(C)C2)cc1. The van der Waals surface area contributed by atoms with Gasteiger partial charge in [-0.3, -0.25) is 0 Å². The minimum atomic E-state index is -0.316. The summed E-state index contributed by atoms with van der Waals surface area (Å²) in [6.07, 6.45) is 2.59. The van der Waals surface area contributed by atoms with Crippen LogP contribution >= 0.6 is 0 Å². The first-order valence-electron chi connectivity index (χ1n) is 5.54. The maximum atomic E-state index is 11.2. The minimum Gasteiger partial charge on any atom is -0.490 e. The highest BCUT2D eigenvalue weighted by atomic mass is 16.5. The molecule has 0 heterocycles. The summed E-state index contributed by atoms with van der Waals surface area (Å²) < 4.78 is 10.4. The number of hydrogen-bond donors (Lipinski definition) is 0. The average Bonchev–Trinajstić information content (AvgIpc) is 2.27. The zero-order valence-electron chi connectivity index (χ0n) is 9.60. The lowest BCUT2D eigenvalue weighted by molar-refractivity contribution is 0.0600. The molecular weight excluding hydrogens is 204 g/mol. The van der Waals surface area contributed by atoms with Gasteiger partial charge in [0.1, 0.15) is 5.75 Å². The number of methoxy groups -OCH3 is 1. The van der Waals surface area contributed by atoms with E-state index < -0.39 is 0 Å². The Bertz CT molecular complexity index is 363. The molecule has 0 unspecified atom stereocenters. The summed E-state index contributed by atoms with van der Waals surface area (Å²) >= 11 is 0. The van der Waals surface area contributed by atoms with Gasteiger partial charge in [0, 0.05) is 0 Å². The predicted octanol–water partition coefficient (Wildman–Crippen LogP) is 2.65. The summed E-state index contributed by atoms with van der Waals surface area (Å²) in [4.78, 5) is 11.2. The fraction of sp³-hybridized carbons (Fsp3) is 0.462. The number of hydrogen-bond acceptors (Lipinski definition) is 3. The van der Waals surface area contributed by atoms with Gasteiger partial charge in [0.15, 0.2) is 0 Å². The molecule has 0 aliphatic heterocycles. The Labute approximate surface area is 95.4 Å². The molecule has 16 heavy (non-hydrogen) atoms. The van der Waals surface area contributed by atoms with Crippen LogP contribution in [0.3, 0.4) is 0 Å². The molecule has 1 aliphatic carbocycles. The second kappa shape index (κ2) is 4.56. The molecule has 1 saturated carbocycles. The van der Waals surface area contributed by atoms with E-state index in [0.717, 1.165) is 24.5 Å². The van der Waals surface area contributed by atoms with E-state index in [0.29, 0.717) is 11.7 Å². The lowest BCUT2D eigenvalue weighted by Crippen LogP contribution is -2.31. The van der Waals surface area contributed by atoms with Crippen LogP contribution in [0.25, 0.3) is 0 Å². The van der Waals surface area contributed by atoms with Crippen molar-refractivity contribution in [3.8, 4) is 5.75 Å². The number of rotatable bonds is 3. The lowest BCUT2D eigenvalue weighted by atomic mass is 9.84. The Balaban J connectivity index is 1.94. The van der Waals surface area contributed by atoms with Gasteiger partial charge in [0.05, 0.1) is 18.8 Å². The molecule has 1 aromatic carbocycles. The van der Waals surface area contributed by atoms with Gasteiger partial charge in [-0.15, -0.1) is 0 Å².